The van der Waals surface area contributed by atoms with Crippen molar-refractivity contribution in [3.05, 3.63) is 49.1 Å². The lowest BCUT2D eigenvalue weighted by Gasteiger charge is -2.36. The van der Waals surface area contributed by atoms with Crippen LogP contribution >= 0.6 is 0 Å². The molecule has 5 heteroatoms. The highest BCUT2D eigenvalue weighted by molar-refractivity contribution is 5.66. The van der Waals surface area contributed by atoms with Gasteiger partial charge in [0.15, 0.2) is 6.10 Å². The summed E-state index contributed by atoms with van der Waals surface area (Å²) in [5.41, 5.74) is -0.296. The predicted octanol–water partition coefficient (Wildman–Crippen LogP) is 3.44. The number of hydrogen-bond donors (Lipinski definition) is 0. The van der Waals surface area contributed by atoms with Crippen molar-refractivity contribution in [2.24, 2.45) is 5.41 Å². The number of aromatic nitrogens is 2. The number of carbonyl (C=O) groups excluding carboxylic acids is 1. The highest BCUT2D eigenvalue weighted by Crippen LogP contribution is 2.33. The van der Waals surface area contributed by atoms with Crippen molar-refractivity contribution in [2.45, 2.75) is 40.0 Å². The molecule has 0 spiro atoms. The lowest BCUT2D eigenvalue weighted by atomic mass is 9.87. The molecule has 0 aliphatic heterocycles. The van der Waals surface area contributed by atoms with Crippen LogP contribution in [0.1, 0.15) is 33.9 Å². The molecule has 2 rings (SSSR count). The van der Waals surface area contributed by atoms with Crippen LogP contribution in [0, 0.1) is 5.41 Å². The Morgan fingerprint density at radius 3 is 2.41 bits per heavy atom. The summed E-state index contributed by atoms with van der Waals surface area (Å²) in [7, 11) is 0. The molecule has 0 fully saturated rings. The van der Waals surface area contributed by atoms with E-state index in [1.165, 1.54) is 6.92 Å². The fourth-order valence-corrected chi connectivity index (χ4v) is 2.18. The Balaban J connectivity index is 2.35. The van der Waals surface area contributed by atoms with Crippen LogP contribution in [0.2, 0.25) is 0 Å². The van der Waals surface area contributed by atoms with Gasteiger partial charge in [-0.2, -0.15) is 0 Å². The van der Waals surface area contributed by atoms with E-state index in [0.717, 1.165) is 0 Å². The maximum Gasteiger partial charge on any atom is 0.303 e. The van der Waals surface area contributed by atoms with Crippen LogP contribution in [0.4, 0.5) is 0 Å². The standard InChI is InChI=1S/C17H22N2O3/c1-13(20)21-15(17(2,3)4)16(19-11-10-18-12-19)22-14-8-6-5-7-9-14/h5-12,15-16H,1-4H3. The summed E-state index contributed by atoms with van der Waals surface area (Å²) in [4.78, 5) is 15.6. The fourth-order valence-electron chi connectivity index (χ4n) is 2.18. The highest BCUT2D eigenvalue weighted by Gasteiger charge is 2.37. The second kappa shape index (κ2) is 6.64. The van der Waals surface area contributed by atoms with Crippen molar-refractivity contribution < 1.29 is 14.3 Å². The highest BCUT2D eigenvalue weighted by atomic mass is 16.6. The Morgan fingerprint density at radius 2 is 1.91 bits per heavy atom. The quantitative estimate of drug-likeness (QED) is 0.794. The molecule has 1 heterocycles. The first-order valence-electron chi connectivity index (χ1n) is 7.24. The third-order valence-electron chi connectivity index (χ3n) is 3.22. The second-order valence-electron chi connectivity index (χ2n) is 6.23. The number of rotatable bonds is 5. The minimum Gasteiger partial charge on any atom is -0.466 e. The van der Waals surface area contributed by atoms with E-state index < -0.39 is 12.3 Å². The molecule has 2 atom stereocenters. The number of nitrogens with zero attached hydrogens (tertiary/aromatic N) is 2. The molecule has 0 radical (unpaired) electrons. The first kappa shape index (κ1) is 16.1. The van der Waals surface area contributed by atoms with Gasteiger partial charge in [0, 0.05) is 24.7 Å². The van der Waals surface area contributed by atoms with Gasteiger partial charge in [0.2, 0.25) is 6.23 Å². The van der Waals surface area contributed by atoms with Crippen molar-refractivity contribution >= 4 is 5.97 Å². The molecule has 22 heavy (non-hydrogen) atoms. The second-order valence-corrected chi connectivity index (χ2v) is 6.23. The third-order valence-corrected chi connectivity index (χ3v) is 3.22. The number of ether oxygens (including phenoxy) is 2. The van der Waals surface area contributed by atoms with Gasteiger partial charge in [0.1, 0.15) is 5.75 Å². The summed E-state index contributed by atoms with van der Waals surface area (Å²) >= 11 is 0. The van der Waals surface area contributed by atoms with Gasteiger partial charge in [-0.05, 0) is 12.1 Å². The average molecular weight is 302 g/mol. The molecule has 2 unspecified atom stereocenters. The van der Waals surface area contributed by atoms with E-state index in [2.05, 4.69) is 4.98 Å². The Hall–Kier alpha value is -2.30. The van der Waals surface area contributed by atoms with Gasteiger partial charge in [-0.3, -0.25) is 9.36 Å². The van der Waals surface area contributed by atoms with E-state index in [4.69, 9.17) is 9.47 Å². The van der Waals surface area contributed by atoms with Crippen LogP contribution in [-0.4, -0.2) is 21.6 Å². The minimum atomic E-state index is -0.492. The van der Waals surface area contributed by atoms with Crippen LogP contribution in [0.15, 0.2) is 49.1 Å². The Morgan fingerprint density at radius 1 is 1.23 bits per heavy atom. The molecule has 0 saturated carbocycles. The van der Waals surface area contributed by atoms with Crippen molar-refractivity contribution in [1.29, 1.82) is 0 Å². The zero-order chi connectivity index (χ0) is 16.2. The molecule has 0 saturated heterocycles. The van der Waals surface area contributed by atoms with Crippen molar-refractivity contribution in [2.75, 3.05) is 0 Å². The lowest BCUT2D eigenvalue weighted by Crippen LogP contribution is -2.41. The van der Waals surface area contributed by atoms with Gasteiger partial charge in [0.25, 0.3) is 0 Å². The molecule has 0 aliphatic carbocycles. The SMILES string of the molecule is CC(=O)OC(C(Oc1ccccc1)n1ccnc1)C(C)(C)C. The summed E-state index contributed by atoms with van der Waals surface area (Å²) in [5.74, 6) is 0.379. The molecule has 1 aromatic heterocycles. The number of hydrogen-bond acceptors (Lipinski definition) is 4. The maximum absolute atomic E-state index is 11.5. The average Bonchev–Trinajstić information content (AvgIpc) is 2.96. The Labute approximate surface area is 130 Å². The van der Waals surface area contributed by atoms with E-state index in [0.29, 0.717) is 5.75 Å². The van der Waals surface area contributed by atoms with Crippen LogP contribution < -0.4 is 4.74 Å². The molecule has 118 valence electrons. The first-order chi connectivity index (χ1) is 10.4. The normalized spacial score (nSPS) is 14.2. The molecule has 5 nitrogen and oxygen atoms in total. The molecule has 0 aliphatic rings. The Kier molecular flexibility index (Phi) is 4.85. The van der Waals surface area contributed by atoms with E-state index in [1.807, 2.05) is 55.7 Å². The van der Waals surface area contributed by atoms with E-state index in [1.54, 1.807) is 18.7 Å². The van der Waals surface area contributed by atoms with Gasteiger partial charge in [-0.25, -0.2) is 4.98 Å². The number of carbonyl (C=O) groups is 1. The van der Waals surface area contributed by atoms with Gasteiger partial charge in [-0.1, -0.05) is 39.0 Å². The molecule has 0 amide bonds. The largest absolute Gasteiger partial charge is 0.466 e. The van der Waals surface area contributed by atoms with Crippen LogP contribution in [-0.2, 0) is 9.53 Å². The van der Waals surface area contributed by atoms with E-state index >= 15 is 0 Å². The lowest BCUT2D eigenvalue weighted by molar-refractivity contribution is -0.165. The van der Waals surface area contributed by atoms with Crippen LogP contribution in [0.25, 0.3) is 0 Å². The number of para-hydroxylation sites is 1. The van der Waals surface area contributed by atoms with E-state index in [-0.39, 0.29) is 11.4 Å². The molecule has 0 N–H and O–H groups in total. The van der Waals surface area contributed by atoms with Crippen LogP contribution in [0.5, 0.6) is 5.75 Å². The zero-order valence-electron chi connectivity index (χ0n) is 13.4. The van der Waals surface area contributed by atoms with Crippen molar-refractivity contribution in [3.63, 3.8) is 0 Å². The summed E-state index contributed by atoms with van der Waals surface area (Å²) in [5, 5.41) is 0. The summed E-state index contributed by atoms with van der Waals surface area (Å²) in [6.07, 6.45) is 4.19. The van der Waals surface area contributed by atoms with Gasteiger partial charge < -0.3 is 9.47 Å². The molecular formula is C17H22N2O3. The monoisotopic (exact) mass is 302 g/mol. The summed E-state index contributed by atoms with van der Waals surface area (Å²) < 4.78 is 13.5. The fraction of sp³-hybridized carbons (Fsp3) is 0.412. The first-order valence-corrected chi connectivity index (χ1v) is 7.24. The van der Waals surface area contributed by atoms with E-state index in [9.17, 15) is 4.79 Å². The molecular weight excluding hydrogens is 280 g/mol. The summed E-state index contributed by atoms with van der Waals surface area (Å²) in [6.45, 7) is 7.45. The zero-order valence-corrected chi connectivity index (χ0v) is 13.4. The molecule has 1 aromatic carbocycles. The third kappa shape index (κ3) is 4.10. The van der Waals surface area contributed by atoms with Crippen molar-refractivity contribution in [3.8, 4) is 5.75 Å². The number of esters is 1. The predicted molar refractivity (Wildman–Crippen MR) is 83.3 cm³/mol. The molecule has 0 bridgehead atoms. The van der Waals surface area contributed by atoms with Gasteiger partial charge in [0.05, 0.1) is 6.33 Å². The smallest absolute Gasteiger partial charge is 0.303 e. The van der Waals surface area contributed by atoms with Gasteiger partial charge in [-0.15, -0.1) is 0 Å². The van der Waals surface area contributed by atoms with Crippen molar-refractivity contribution in [1.82, 2.24) is 9.55 Å². The Bertz CT molecular complexity index is 588. The minimum absolute atomic E-state index is 0.296. The number of benzene rings is 1. The van der Waals surface area contributed by atoms with Crippen LogP contribution in [0.3, 0.4) is 0 Å². The molecule has 2 aromatic rings. The topological polar surface area (TPSA) is 53.4 Å². The number of imidazole rings is 1. The summed E-state index contributed by atoms with van der Waals surface area (Å²) in [6, 6.07) is 9.47. The maximum atomic E-state index is 11.5. The van der Waals surface area contributed by atoms with Gasteiger partial charge >= 0.3 is 5.97 Å².